The van der Waals surface area contributed by atoms with Gasteiger partial charge in [-0.05, 0) is 31.2 Å². The van der Waals surface area contributed by atoms with E-state index in [9.17, 15) is 20.1 Å². The molecule has 3 N–H and O–H groups in total. The first-order valence-electron chi connectivity index (χ1n) is 8.70. The molecule has 3 heterocycles. The number of aliphatic hydroxyl groups is 3. The highest BCUT2D eigenvalue weighted by molar-refractivity contribution is 5.74. The molecule has 10 heteroatoms. The quantitative estimate of drug-likeness (QED) is 0.546. The molecular weight excluding hydrogens is 368 g/mol. The van der Waals surface area contributed by atoms with Crippen LogP contribution >= 0.6 is 0 Å². The molecular formula is C18H20N4O6. The Balaban J connectivity index is 1.81. The molecule has 28 heavy (non-hydrogen) atoms. The molecule has 1 fully saturated rings. The summed E-state index contributed by atoms with van der Waals surface area (Å²) < 4.78 is 13.3. The van der Waals surface area contributed by atoms with E-state index in [1.165, 1.54) is 15.4 Å². The number of methoxy groups -OCH3 is 1. The van der Waals surface area contributed by atoms with Crippen LogP contribution < -0.4 is 10.3 Å². The zero-order chi connectivity index (χ0) is 20.0. The second-order valence-electron chi connectivity index (χ2n) is 6.55. The Bertz CT molecular complexity index is 1060. The van der Waals surface area contributed by atoms with Gasteiger partial charge in [-0.25, -0.2) is 9.67 Å². The Hall–Kier alpha value is -2.79. The van der Waals surface area contributed by atoms with Crippen LogP contribution in [0.25, 0.3) is 16.7 Å². The minimum absolute atomic E-state index is 0.224. The van der Waals surface area contributed by atoms with Gasteiger partial charge in [-0.15, -0.1) is 0 Å². The summed E-state index contributed by atoms with van der Waals surface area (Å²) in [5.41, 5.74) is 0.520. The SMILES string of the molecule is COc1ccc(-n2c(C)nc3c(cnn3C3OC(CO)C(O)C3O)c2=O)cc1. The number of rotatable bonds is 4. The zero-order valence-corrected chi connectivity index (χ0v) is 15.3. The average molecular weight is 388 g/mol. The second kappa shape index (κ2) is 6.99. The highest BCUT2D eigenvalue weighted by Gasteiger charge is 2.44. The summed E-state index contributed by atoms with van der Waals surface area (Å²) in [6.07, 6.45) is -3.24. The Morgan fingerprint density at radius 1 is 1.21 bits per heavy atom. The molecule has 3 aromatic rings. The molecule has 4 atom stereocenters. The molecule has 0 bridgehead atoms. The summed E-state index contributed by atoms with van der Waals surface area (Å²) in [5, 5.41) is 33.9. The first-order chi connectivity index (χ1) is 13.5. The number of fused-ring (bicyclic) bond motifs is 1. The van der Waals surface area contributed by atoms with Gasteiger partial charge in [0, 0.05) is 0 Å². The third-order valence-electron chi connectivity index (χ3n) is 4.88. The Kier molecular flexibility index (Phi) is 4.63. The predicted octanol–water partition coefficient (Wildman–Crippen LogP) is -0.489. The summed E-state index contributed by atoms with van der Waals surface area (Å²) in [7, 11) is 1.56. The lowest BCUT2D eigenvalue weighted by molar-refractivity contribution is -0.0566. The van der Waals surface area contributed by atoms with Gasteiger partial charge < -0.3 is 24.8 Å². The van der Waals surface area contributed by atoms with E-state index in [0.29, 0.717) is 17.3 Å². The maximum absolute atomic E-state index is 13.0. The number of ether oxygens (including phenoxy) is 2. The molecule has 10 nitrogen and oxygen atoms in total. The van der Waals surface area contributed by atoms with Crippen LogP contribution in [0.1, 0.15) is 12.1 Å². The van der Waals surface area contributed by atoms with Gasteiger partial charge in [0.15, 0.2) is 11.9 Å². The molecule has 4 unspecified atom stereocenters. The highest BCUT2D eigenvalue weighted by atomic mass is 16.6. The van der Waals surface area contributed by atoms with E-state index in [4.69, 9.17) is 9.47 Å². The number of nitrogens with zero attached hydrogens (tertiary/aromatic N) is 4. The fraction of sp³-hybridized carbons (Fsp3) is 0.389. The first kappa shape index (κ1) is 18.6. The largest absolute Gasteiger partial charge is 0.497 e. The Labute approximate surface area is 159 Å². The van der Waals surface area contributed by atoms with Crippen molar-refractivity contribution in [3.05, 3.63) is 46.6 Å². The van der Waals surface area contributed by atoms with E-state index in [1.807, 2.05) is 0 Å². The van der Waals surface area contributed by atoms with Crippen LogP contribution in [-0.4, -0.2) is 66.7 Å². The van der Waals surface area contributed by atoms with E-state index in [-0.39, 0.29) is 16.6 Å². The van der Waals surface area contributed by atoms with Crippen LogP contribution in [0, 0.1) is 6.92 Å². The van der Waals surface area contributed by atoms with Gasteiger partial charge >= 0.3 is 0 Å². The van der Waals surface area contributed by atoms with Crippen LogP contribution in [0.5, 0.6) is 5.75 Å². The van der Waals surface area contributed by atoms with Crippen molar-refractivity contribution >= 4 is 11.0 Å². The Morgan fingerprint density at radius 2 is 1.93 bits per heavy atom. The molecule has 148 valence electrons. The van der Waals surface area contributed by atoms with Crippen LogP contribution in [0.4, 0.5) is 0 Å². The van der Waals surface area contributed by atoms with Gasteiger partial charge in [0.25, 0.3) is 5.56 Å². The van der Waals surface area contributed by atoms with Crippen molar-refractivity contribution in [2.75, 3.05) is 13.7 Å². The number of aromatic nitrogens is 4. The van der Waals surface area contributed by atoms with Crippen LogP contribution in [0.15, 0.2) is 35.3 Å². The first-order valence-corrected chi connectivity index (χ1v) is 8.70. The number of aryl methyl sites for hydroxylation is 1. The van der Waals surface area contributed by atoms with E-state index >= 15 is 0 Å². The molecule has 4 rings (SSSR count). The average Bonchev–Trinajstić information content (AvgIpc) is 3.23. The smallest absolute Gasteiger partial charge is 0.269 e. The minimum Gasteiger partial charge on any atom is -0.497 e. The van der Waals surface area contributed by atoms with E-state index in [0.717, 1.165) is 0 Å². The fourth-order valence-electron chi connectivity index (χ4n) is 3.39. The second-order valence-corrected chi connectivity index (χ2v) is 6.55. The Morgan fingerprint density at radius 3 is 2.54 bits per heavy atom. The van der Waals surface area contributed by atoms with Crippen LogP contribution in [0.2, 0.25) is 0 Å². The lowest BCUT2D eigenvalue weighted by Gasteiger charge is -2.16. The number of hydrogen-bond donors (Lipinski definition) is 3. The van der Waals surface area contributed by atoms with Crippen molar-refractivity contribution in [3.63, 3.8) is 0 Å². The van der Waals surface area contributed by atoms with Gasteiger partial charge in [0.2, 0.25) is 0 Å². The maximum atomic E-state index is 13.0. The van der Waals surface area contributed by atoms with Crippen molar-refractivity contribution < 1.29 is 24.8 Å². The highest BCUT2D eigenvalue weighted by Crippen LogP contribution is 2.30. The van der Waals surface area contributed by atoms with Crippen molar-refractivity contribution in [2.45, 2.75) is 31.5 Å². The topological polar surface area (TPSA) is 132 Å². The molecule has 0 amide bonds. The molecule has 0 spiro atoms. The van der Waals surface area contributed by atoms with E-state index in [1.54, 1.807) is 38.3 Å². The number of aliphatic hydroxyl groups excluding tert-OH is 3. The summed E-state index contributed by atoms with van der Waals surface area (Å²) in [6.45, 7) is 1.23. The van der Waals surface area contributed by atoms with Gasteiger partial charge in [0.05, 0.1) is 25.6 Å². The zero-order valence-electron chi connectivity index (χ0n) is 15.3. The van der Waals surface area contributed by atoms with Gasteiger partial charge in [0.1, 0.15) is 35.3 Å². The number of hydrogen-bond acceptors (Lipinski definition) is 8. The maximum Gasteiger partial charge on any atom is 0.269 e. The van der Waals surface area contributed by atoms with Gasteiger partial charge in [-0.3, -0.25) is 9.36 Å². The fourth-order valence-corrected chi connectivity index (χ4v) is 3.39. The molecule has 1 aliphatic rings. The monoisotopic (exact) mass is 388 g/mol. The molecule has 0 saturated carbocycles. The summed E-state index contributed by atoms with van der Waals surface area (Å²) in [5.74, 6) is 1.08. The normalized spacial score (nSPS) is 24.8. The lowest BCUT2D eigenvalue weighted by Crippen LogP contribution is -2.33. The van der Waals surface area contributed by atoms with E-state index < -0.39 is 31.1 Å². The predicted molar refractivity (Wildman–Crippen MR) is 97.4 cm³/mol. The van der Waals surface area contributed by atoms with Crippen molar-refractivity contribution in [1.82, 2.24) is 19.3 Å². The third kappa shape index (κ3) is 2.78. The summed E-state index contributed by atoms with van der Waals surface area (Å²) in [6, 6.07) is 6.98. The standard InChI is InChI=1S/C18H20N4O6/c1-9-20-16-12(17(26)21(9)10-3-5-11(27-2)6-4-10)7-19-22(16)18-15(25)14(24)13(8-23)28-18/h3-7,13-15,18,23-25H,8H2,1-2H3. The molecule has 1 saturated heterocycles. The minimum atomic E-state index is -1.31. The van der Waals surface area contributed by atoms with Crippen molar-refractivity contribution in [2.24, 2.45) is 0 Å². The van der Waals surface area contributed by atoms with Crippen LogP contribution in [-0.2, 0) is 4.74 Å². The van der Waals surface area contributed by atoms with Crippen molar-refractivity contribution in [1.29, 1.82) is 0 Å². The molecule has 2 aromatic heterocycles. The van der Waals surface area contributed by atoms with Gasteiger partial charge in [-0.1, -0.05) is 0 Å². The summed E-state index contributed by atoms with van der Waals surface area (Å²) >= 11 is 0. The molecule has 1 aromatic carbocycles. The lowest BCUT2D eigenvalue weighted by atomic mass is 10.1. The molecule has 0 aliphatic carbocycles. The van der Waals surface area contributed by atoms with E-state index in [2.05, 4.69) is 10.1 Å². The van der Waals surface area contributed by atoms with Gasteiger partial charge in [-0.2, -0.15) is 5.10 Å². The van der Waals surface area contributed by atoms with Crippen LogP contribution in [0.3, 0.4) is 0 Å². The third-order valence-corrected chi connectivity index (χ3v) is 4.88. The molecule has 1 aliphatic heterocycles. The molecule has 0 radical (unpaired) electrons. The van der Waals surface area contributed by atoms with Crippen molar-refractivity contribution in [3.8, 4) is 11.4 Å². The summed E-state index contributed by atoms with van der Waals surface area (Å²) in [4.78, 5) is 17.5. The number of benzene rings is 1.